The highest BCUT2D eigenvalue weighted by Crippen LogP contribution is 2.11. The zero-order valence-corrected chi connectivity index (χ0v) is 16.1. The minimum absolute atomic E-state index is 0. The highest BCUT2D eigenvalue weighted by Gasteiger charge is 2.00. The minimum atomic E-state index is 0. The first kappa shape index (κ1) is 19.2. The van der Waals surface area contributed by atoms with Crippen LogP contribution in [-0.4, -0.2) is 32.1 Å². The van der Waals surface area contributed by atoms with Gasteiger partial charge in [0.2, 0.25) is 0 Å². The summed E-state index contributed by atoms with van der Waals surface area (Å²) in [6.45, 7) is 1.38. The Bertz CT molecular complexity index is 596. The molecule has 1 heterocycles. The van der Waals surface area contributed by atoms with Crippen molar-refractivity contribution in [2.75, 3.05) is 26.0 Å². The van der Waals surface area contributed by atoms with E-state index in [1.807, 2.05) is 32.3 Å². The lowest BCUT2D eigenvalue weighted by atomic mass is 10.2. The molecule has 2 N–H and O–H groups in total. The number of hydrogen-bond donors (Lipinski definition) is 2. The van der Waals surface area contributed by atoms with Crippen molar-refractivity contribution in [3.8, 4) is 0 Å². The number of aromatic nitrogens is 1. The first-order valence-corrected chi connectivity index (χ1v) is 7.29. The molecule has 5 nitrogen and oxygen atoms in total. The molecule has 0 saturated carbocycles. The van der Waals surface area contributed by atoms with Crippen molar-refractivity contribution in [2.24, 2.45) is 4.99 Å². The van der Waals surface area contributed by atoms with Gasteiger partial charge in [-0.3, -0.25) is 9.98 Å². The third-order valence-electron chi connectivity index (χ3n) is 3.30. The van der Waals surface area contributed by atoms with Crippen LogP contribution in [0.2, 0.25) is 0 Å². The third kappa shape index (κ3) is 6.43. The second-order valence-electron chi connectivity index (χ2n) is 5.16. The largest absolute Gasteiger partial charge is 0.378 e. The van der Waals surface area contributed by atoms with E-state index >= 15 is 0 Å². The maximum absolute atomic E-state index is 4.28. The van der Waals surface area contributed by atoms with Crippen LogP contribution in [0.25, 0.3) is 0 Å². The summed E-state index contributed by atoms with van der Waals surface area (Å²) in [4.78, 5) is 10.6. The van der Waals surface area contributed by atoms with Crippen molar-refractivity contribution >= 4 is 35.6 Å². The van der Waals surface area contributed by atoms with E-state index in [1.165, 1.54) is 11.3 Å². The van der Waals surface area contributed by atoms with Gasteiger partial charge in [0.25, 0.3) is 0 Å². The summed E-state index contributed by atoms with van der Waals surface area (Å²) in [6.07, 6.45) is 1.79. The first-order valence-electron chi connectivity index (χ1n) is 7.29. The van der Waals surface area contributed by atoms with Gasteiger partial charge in [-0.2, -0.15) is 0 Å². The van der Waals surface area contributed by atoms with Crippen LogP contribution in [0.4, 0.5) is 5.69 Å². The Morgan fingerprint density at radius 2 is 1.74 bits per heavy atom. The molecule has 0 saturated heterocycles. The van der Waals surface area contributed by atoms with Crippen molar-refractivity contribution in [1.82, 2.24) is 15.6 Å². The van der Waals surface area contributed by atoms with Gasteiger partial charge in [0, 0.05) is 39.6 Å². The van der Waals surface area contributed by atoms with Gasteiger partial charge in [-0.05, 0) is 29.8 Å². The summed E-state index contributed by atoms with van der Waals surface area (Å²) in [6, 6.07) is 14.3. The molecule has 0 aliphatic rings. The summed E-state index contributed by atoms with van der Waals surface area (Å²) in [5.74, 6) is 0.766. The van der Waals surface area contributed by atoms with Crippen LogP contribution >= 0.6 is 24.0 Å². The van der Waals surface area contributed by atoms with Gasteiger partial charge < -0.3 is 15.5 Å². The summed E-state index contributed by atoms with van der Waals surface area (Å²) >= 11 is 0. The molecule has 124 valence electrons. The summed E-state index contributed by atoms with van der Waals surface area (Å²) in [7, 11) is 5.84. The molecule has 0 radical (unpaired) electrons. The van der Waals surface area contributed by atoms with E-state index in [0.717, 1.165) is 18.2 Å². The van der Waals surface area contributed by atoms with E-state index in [0.29, 0.717) is 6.54 Å². The van der Waals surface area contributed by atoms with Crippen molar-refractivity contribution < 1.29 is 0 Å². The van der Waals surface area contributed by atoms with E-state index in [-0.39, 0.29) is 24.0 Å². The van der Waals surface area contributed by atoms with E-state index in [4.69, 9.17) is 0 Å². The highest BCUT2D eigenvalue weighted by molar-refractivity contribution is 14.0. The summed E-state index contributed by atoms with van der Waals surface area (Å²) in [5.41, 5.74) is 3.40. The number of hydrogen-bond acceptors (Lipinski definition) is 3. The lowest BCUT2D eigenvalue weighted by molar-refractivity contribution is 0.794. The number of halogens is 1. The lowest BCUT2D eigenvalue weighted by Crippen LogP contribution is -2.36. The number of pyridine rings is 1. The van der Waals surface area contributed by atoms with Gasteiger partial charge in [0.05, 0.1) is 12.2 Å². The number of anilines is 1. The van der Waals surface area contributed by atoms with Crippen LogP contribution in [0, 0.1) is 0 Å². The fourth-order valence-electron chi connectivity index (χ4n) is 2.00. The monoisotopic (exact) mass is 425 g/mol. The molecule has 0 amide bonds. The molecule has 0 fully saturated rings. The Labute approximate surface area is 155 Å². The standard InChI is InChI=1S/C17H23N5.HI/c1-18-17(21-13-15-6-4-5-11-19-15)20-12-14-7-9-16(10-8-14)22(2)3;/h4-11H,12-13H2,1-3H3,(H2,18,20,21);1H. The average Bonchev–Trinajstić information content (AvgIpc) is 2.56. The van der Waals surface area contributed by atoms with Gasteiger partial charge in [-0.25, -0.2) is 0 Å². The topological polar surface area (TPSA) is 52.6 Å². The van der Waals surface area contributed by atoms with Gasteiger partial charge >= 0.3 is 0 Å². The van der Waals surface area contributed by atoms with Gasteiger partial charge in [-0.15, -0.1) is 24.0 Å². The highest BCUT2D eigenvalue weighted by atomic mass is 127. The van der Waals surface area contributed by atoms with Crippen LogP contribution in [-0.2, 0) is 13.1 Å². The molecular weight excluding hydrogens is 401 g/mol. The maximum atomic E-state index is 4.28. The van der Waals surface area contributed by atoms with Crippen molar-refractivity contribution in [3.05, 3.63) is 59.9 Å². The molecule has 0 atom stereocenters. The molecule has 0 spiro atoms. The van der Waals surface area contributed by atoms with Crippen molar-refractivity contribution in [2.45, 2.75) is 13.1 Å². The molecular formula is C17H24IN5. The molecule has 0 unspecified atom stereocenters. The Kier molecular flexibility index (Phi) is 8.39. The molecule has 1 aromatic carbocycles. The van der Waals surface area contributed by atoms with Gasteiger partial charge in [-0.1, -0.05) is 18.2 Å². The third-order valence-corrected chi connectivity index (χ3v) is 3.30. The normalized spacial score (nSPS) is 10.7. The molecule has 0 bridgehead atoms. The van der Waals surface area contributed by atoms with Gasteiger partial charge in [0.1, 0.15) is 0 Å². The number of rotatable bonds is 5. The van der Waals surface area contributed by atoms with Crippen molar-refractivity contribution in [3.63, 3.8) is 0 Å². The smallest absolute Gasteiger partial charge is 0.191 e. The quantitative estimate of drug-likeness (QED) is 0.440. The van der Waals surface area contributed by atoms with Crippen molar-refractivity contribution in [1.29, 1.82) is 0 Å². The number of nitrogens with one attached hydrogen (secondary N) is 2. The molecule has 1 aromatic heterocycles. The number of nitrogens with zero attached hydrogens (tertiary/aromatic N) is 3. The molecule has 0 aliphatic heterocycles. The van der Waals surface area contributed by atoms with Crippen LogP contribution in [0.5, 0.6) is 0 Å². The minimum Gasteiger partial charge on any atom is -0.378 e. The fraction of sp³-hybridized carbons (Fsp3) is 0.294. The Morgan fingerprint density at radius 3 is 2.30 bits per heavy atom. The van der Waals surface area contributed by atoms with E-state index in [9.17, 15) is 0 Å². The Balaban J connectivity index is 0.00000264. The van der Waals surface area contributed by atoms with E-state index < -0.39 is 0 Å². The number of guanidine groups is 1. The fourth-order valence-corrected chi connectivity index (χ4v) is 2.00. The first-order chi connectivity index (χ1) is 10.7. The predicted octanol–water partition coefficient (Wildman–Crippen LogP) is 2.63. The second kappa shape index (κ2) is 10.0. The Hall–Kier alpha value is -1.83. The molecule has 23 heavy (non-hydrogen) atoms. The zero-order valence-electron chi connectivity index (χ0n) is 13.8. The van der Waals surface area contributed by atoms with Crippen LogP contribution in [0.3, 0.4) is 0 Å². The molecule has 6 heteroatoms. The van der Waals surface area contributed by atoms with Crippen LogP contribution < -0.4 is 15.5 Å². The maximum Gasteiger partial charge on any atom is 0.191 e. The summed E-state index contributed by atoms with van der Waals surface area (Å²) in [5, 5.41) is 6.56. The van der Waals surface area contributed by atoms with E-state index in [2.05, 4.69) is 49.8 Å². The predicted molar refractivity (Wildman–Crippen MR) is 107 cm³/mol. The lowest BCUT2D eigenvalue weighted by Gasteiger charge is -2.14. The molecule has 2 aromatic rings. The average molecular weight is 425 g/mol. The van der Waals surface area contributed by atoms with Crippen LogP contribution in [0.1, 0.15) is 11.3 Å². The number of benzene rings is 1. The SMILES string of the molecule is CN=C(NCc1ccc(N(C)C)cc1)NCc1ccccn1.I. The number of aliphatic imine (C=N–C) groups is 1. The second-order valence-corrected chi connectivity index (χ2v) is 5.16. The Morgan fingerprint density at radius 1 is 1.04 bits per heavy atom. The van der Waals surface area contributed by atoms with Crippen LogP contribution in [0.15, 0.2) is 53.7 Å². The van der Waals surface area contributed by atoms with E-state index in [1.54, 1.807) is 13.2 Å². The molecule has 0 aliphatic carbocycles. The van der Waals surface area contributed by atoms with Gasteiger partial charge in [0.15, 0.2) is 5.96 Å². The zero-order chi connectivity index (χ0) is 15.8. The summed E-state index contributed by atoms with van der Waals surface area (Å²) < 4.78 is 0. The molecule has 2 rings (SSSR count).